The summed E-state index contributed by atoms with van der Waals surface area (Å²) in [5.41, 5.74) is 0. The van der Waals surface area contributed by atoms with Crippen LogP contribution in [0.5, 0.6) is 5.75 Å². The highest BCUT2D eigenvalue weighted by Crippen LogP contribution is 2.07. The van der Waals surface area contributed by atoms with Crippen LogP contribution in [-0.4, -0.2) is 69.9 Å². The SMILES string of the molecule is I.c1ccc(OCCNC(=NCCCN2CCOCC2)NCCc2ccco2)cc1. The van der Waals surface area contributed by atoms with Gasteiger partial charge in [0.2, 0.25) is 0 Å². The maximum atomic E-state index is 5.75. The van der Waals surface area contributed by atoms with Crippen LogP contribution in [0.2, 0.25) is 0 Å². The zero-order valence-corrected chi connectivity index (χ0v) is 19.8. The summed E-state index contributed by atoms with van der Waals surface area (Å²) in [5, 5.41) is 6.74. The molecule has 1 fully saturated rings. The van der Waals surface area contributed by atoms with E-state index >= 15 is 0 Å². The summed E-state index contributed by atoms with van der Waals surface area (Å²) >= 11 is 0. The molecule has 0 amide bonds. The molecule has 0 atom stereocenters. The average Bonchev–Trinajstić information content (AvgIpc) is 3.29. The Labute approximate surface area is 196 Å². The maximum absolute atomic E-state index is 5.75. The number of hydrogen-bond donors (Lipinski definition) is 2. The van der Waals surface area contributed by atoms with Crippen molar-refractivity contribution in [3.05, 3.63) is 54.5 Å². The van der Waals surface area contributed by atoms with Crippen LogP contribution in [0.15, 0.2) is 58.1 Å². The minimum absolute atomic E-state index is 0. The van der Waals surface area contributed by atoms with Crippen molar-refractivity contribution < 1.29 is 13.9 Å². The number of hydrogen-bond acceptors (Lipinski definition) is 5. The monoisotopic (exact) mass is 528 g/mol. The Morgan fingerprint density at radius 3 is 2.60 bits per heavy atom. The van der Waals surface area contributed by atoms with Gasteiger partial charge in [-0.1, -0.05) is 18.2 Å². The first-order chi connectivity index (χ1) is 14.4. The second-order valence-corrected chi connectivity index (χ2v) is 6.88. The number of guanidine groups is 1. The normalized spacial score (nSPS) is 14.7. The van der Waals surface area contributed by atoms with Gasteiger partial charge in [-0.25, -0.2) is 0 Å². The molecule has 0 spiro atoms. The molecule has 1 aromatic heterocycles. The molecule has 7 nitrogen and oxygen atoms in total. The van der Waals surface area contributed by atoms with Crippen molar-refractivity contribution in [3.63, 3.8) is 0 Å². The van der Waals surface area contributed by atoms with Gasteiger partial charge in [0.1, 0.15) is 18.1 Å². The molecular formula is C22H33IN4O3. The minimum Gasteiger partial charge on any atom is -0.492 e. The minimum atomic E-state index is 0. The van der Waals surface area contributed by atoms with E-state index in [1.165, 1.54) is 0 Å². The number of nitrogens with one attached hydrogen (secondary N) is 2. The molecule has 2 N–H and O–H groups in total. The first kappa shape index (κ1) is 24.5. The summed E-state index contributed by atoms with van der Waals surface area (Å²) in [5.74, 6) is 2.66. The smallest absolute Gasteiger partial charge is 0.191 e. The lowest BCUT2D eigenvalue weighted by Gasteiger charge is -2.26. The Hall–Kier alpha value is -1.78. The molecule has 1 saturated heterocycles. The third kappa shape index (κ3) is 9.82. The van der Waals surface area contributed by atoms with Gasteiger partial charge in [-0.3, -0.25) is 9.89 Å². The van der Waals surface area contributed by atoms with Crippen molar-refractivity contribution in [2.75, 3.05) is 59.1 Å². The van der Waals surface area contributed by atoms with E-state index in [4.69, 9.17) is 18.9 Å². The van der Waals surface area contributed by atoms with E-state index in [2.05, 4.69) is 15.5 Å². The number of nitrogens with zero attached hydrogens (tertiary/aromatic N) is 2. The Bertz CT molecular complexity index is 692. The van der Waals surface area contributed by atoms with Crippen LogP contribution in [0.3, 0.4) is 0 Å². The first-order valence-corrected chi connectivity index (χ1v) is 10.4. The van der Waals surface area contributed by atoms with Crippen LogP contribution in [0.4, 0.5) is 0 Å². The molecule has 0 saturated carbocycles. The van der Waals surface area contributed by atoms with Gasteiger partial charge in [-0.05, 0) is 30.7 Å². The fourth-order valence-corrected chi connectivity index (χ4v) is 3.10. The Morgan fingerprint density at radius 1 is 1.03 bits per heavy atom. The molecule has 2 heterocycles. The molecule has 166 valence electrons. The van der Waals surface area contributed by atoms with E-state index in [9.17, 15) is 0 Å². The van der Waals surface area contributed by atoms with Crippen molar-refractivity contribution in [1.82, 2.24) is 15.5 Å². The van der Waals surface area contributed by atoms with Gasteiger partial charge in [0.05, 0.1) is 26.0 Å². The van der Waals surface area contributed by atoms with Gasteiger partial charge in [-0.15, -0.1) is 24.0 Å². The lowest BCUT2D eigenvalue weighted by Crippen LogP contribution is -2.40. The van der Waals surface area contributed by atoms with E-state index in [1.54, 1.807) is 6.26 Å². The number of morpholine rings is 1. The van der Waals surface area contributed by atoms with E-state index in [1.807, 2.05) is 42.5 Å². The summed E-state index contributed by atoms with van der Waals surface area (Å²) in [6.45, 7) is 7.60. The van der Waals surface area contributed by atoms with E-state index in [-0.39, 0.29) is 24.0 Å². The summed E-state index contributed by atoms with van der Waals surface area (Å²) in [7, 11) is 0. The van der Waals surface area contributed by atoms with Crippen LogP contribution in [0.1, 0.15) is 12.2 Å². The van der Waals surface area contributed by atoms with Crippen molar-refractivity contribution >= 4 is 29.9 Å². The lowest BCUT2D eigenvalue weighted by molar-refractivity contribution is 0.0377. The van der Waals surface area contributed by atoms with Gasteiger partial charge in [0, 0.05) is 39.1 Å². The van der Waals surface area contributed by atoms with Gasteiger partial charge >= 0.3 is 0 Å². The molecule has 1 aliphatic heterocycles. The zero-order chi connectivity index (χ0) is 20.0. The third-order valence-electron chi connectivity index (χ3n) is 4.66. The summed E-state index contributed by atoms with van der Waals surface area (Å²) < 4.78 is 16.5. The quantitative estimate of drug-likeness (QED) is 0.202. The number of halogens is 1. The number of aliphatic imine (C=N–C) groups is 1. The number of para-hydroxylation sites is 1. The van der Waals surface area contributed by atoms with Crippen LogP contribution < -0.4 is 15.4 Å². The van der Waals surface area contributed by atoms with Gasteiger partial charge in [0.15, 0.2) is 5.96 Å². The van der Waals surface area contributed by atoms with Crippen molar-refractivity contribution in [2.45, 2.75) is 12.8 Å². The van der Waals surface area contributed by atoms with E-state index in [0.717, 1.165) is 76.2 Å². The Balaban J connectivity index is 0.00000320. The molecule has 0 bridgehead atoms. The standard InChI is InChI=1S/C22H32N4O3.HI/c1-2-6-20(7-3-1)29-17-12-25-22(24-11-9-21-8-4-16-28-21)23-10-5-13-26-14-18-27-19-15-26;/h1-4,6-8,16H,5,9-15,17-19H2,(H2,23,24,25);1H. The largest absolute Gasteiger partial charge is 0.492 e. The molecule has 1 aliphatic rings. The molecule has 0 radical (unpaired) electrons. The first-order valence-electron chi connectivity index (χ1n) is 10.4. The molecule has 2 aromatic rings. The van der Waals surface area contributed by atoms with Crippen molar-refractivity contribution in [3.8, 4) is 5.75 Å². The highest BCUT2D eigenvalue weighted by atomic mass is 127. The van der Waals surface area contributed by atoms with E-state index < -0.39 is 0 Å². The fraction of sp³-hybridized carbons (Fsp3) is 0.500. The predicted molar refractivity (Wildman–Crippen MR) is 130 cm³/mol. The summed E-state index contributed by atoms with van der Waals surface area (Å²) in [4.78, 5) is 7.16. The summed E-state index contributed by atoms with van der Waals surface area (Å²) in [6, 6.07) is 13.7. The van der Waals surface area contributed by atoms with Crippen molar-refractivity contribution in [2.24, 2.45) is 4.99 Å². The lowest BCUT2D eigenvalue weighted by atomic mass is 10.3. The molecular weight excluding hydrogens is 495 g/mol. The van der Waals surface area contributed by atoms with Gasteiger partial charge in [-0.2, -0.15) is 0 Å². The highest BCUT2D eigenvalue weighted by molar-refractivity contribution is 14.0. The summed E-state index contributed by atoms with van der Waals surface area (Å²) in [6.07, 6.45) is 3.56. The third-order valence-corrected chi connectivity index (χ3v) is 4.66. The highest BCUT2D eigenvalue weighted by Gasteiger charge is 2.09. The molecule has 1 aromatic carbocycles. The molecule has 0 unspecified atom stereocenters. The maximum Gasteiger partial charge on any atom is 0.191 e. The van der Waals surface area contributed by atoms with Crippen LogP contribution in [-0.2, 0) is 11.2 Å². The molecule has 8 heteroatoms. The van der Waals surface area contributed by atoms with E-state index in [0.29, 0.717) is 13.2 Å². The Kier molecular flexibility index (Phi) is 12.3. The average molecular weight is 528 g/mol. The predicted octanol–water partition coefficient (Wildman–Crippen LogP) is 2.78. The second kappa shape index (κ2) is 15.1. The molecule has 0 aliphatic carbocycles. The van der Waals surface area contributed by atoms with Crippen LogP contribution in [0.25, 0.3) is 0 Å². The second-order valence-electron chi connectivity index (χ2n) is 6.88. The Morgan fingerprint density at radius 2 is 1.83 bits per heavy atom. The van der Waals surface area contributed by atoms with Gasteiger partial charge in [0.25, 0.3) is 0 Å². The van der Waals surface area contributed by atoms with Crippen LogP contribution >= 0.6 is 24.0 Å². The van der Waals surface area contributed by atoms with Crippen LogP contribution in [0, 0.1) is 0 Å². The van der Waals surface area contributed by atoms with Gasteiger partial charge < -0.3 is 24.5 Å². The zero-order valence-electron chi connectivity index (χ0n) is 17.4. The number of ether oxygens (including phenoxy) is 2. The molecule has 30 heavy (non-hydrogen) atoms. The number of furan rings is 1. The number of benzene rings is 1. The topological polar surface area (TPSA) is 71.3 Å². The fourth-order valence-electron chi connectivity index (χ4n) is 3.10. The van der Waals surface area contributed by atoms with Crippen molar-refractivity contribution in [1.29, 1.82) is 0 Å². The number of rotatable bonds is 11. The molecule has 3 rings (SSSR count).